The van der Waals surface area contributed by atoms with Gasteiger partial charge >= 0.3 is 11.9 Å². The zero-order valence-corrected chi connectivity index (χ0v) is 11.4. The molecule has 0 saturated heterocycles. The van der Waals surface area contributed by atoms with Gasteiger partial charge in [0.25, 0.3) is 0 Å². The summed E-state index contributed by atoms with van der Waals surface area (Å²) in [5.74, 6) is -1.76. The molecule has 1 heterocycles. The molecule has 5 heteroatoms. The molecule has 3 rings (SSSR count). The van der Waals surface area contributed by atoms with Gasteiger partial charge in [-0.05, 0) is 29.3 Å². The lowest BCUT2D eigenvalue weighted by Crippen LogP contribution is -2.00. The fraction of sp³-hybridized carbons (Fsp3) is 0.0588. The number of carboxylic acids is 2. The van der Waals surface area contributed by atoms with Crippen molar-refractivity contribution in [1.29, 1.82) is 0 Å². The first-order chi connectivity index (χ1) is 10.6. The second-order valence-electron chi connectivity index (χ2n) is 4.86. The van der Waals surface area contributed by atoms with Crippen molar-refractivity contribution in [3.8, 4) is 5.75 Å². The molecule has 22 heavy (non-hydrogen) atoms. The maximum atomic E-state index is 11.2. The Kier molecular flexibility index (Phi) is 3.39. The normalized spacial score (nSPS) is 14.5. The molecule has 0 radical (unpaired) electrons. The van der Waals surface area contributed by atoms with E-state index in [9.17, 15) is 9.59 Å². The predicted molar refractivity (Wildman–Crippen MR) is 78.9 cm³/mol. The Morgan fingerprint density at radius 2 is 1.82 bits per heavy atom. The van der Waals surface area contributed by atoms with Gasteiger partial charge in [0.05, 0.1) is 5.56 Å². The topological polar surface area (TPSA) is 83.8 Å². The van der Waals surface area contributed by atoms with Crippen LogP contribution in [-0.4, -0.2) is 22.2 Å². The number of hydrogen-bond donors (Lipinski definition) is 2. The summed E-state index contributed by atoms with van der Waals surface area (Å²) in [5, 5.41) is 18.2. The number of carboxylic acid groups (broad SMARTS) is 2. The van der Waals surface area contributed by atoms with E-state index in [2.05, 4.69) is 0 Å². The van der Waals surface area contributed by atoms with Crippen LogP contribution in [0.15, 0.2) is 48.5 Å². The van der Waals surface area contributed by atoms with Crippen LogP contribution in [0.3, 0.4) is 0 Å². The molecule has 0 fully saturated rings. The summed E-state index contributed by atoms with van der Waals surface area (Å²) >= 11 is 0. The molecule has 2 aromatic carbocycles. The van der Waals surface area contributed by atoms with Gasteiger partial charge in [0, 0.05) is 17.2 Å². The smallest absolute Gasteiger partial charge is 0.335 e. The average molecular weight is 296 g/mol. The summed E-state index contributed by atoms with van der Waals surface area (Å²) in [4.78, 5) is 22.2. The predicted octanol–water partition coefficient (Wildman–Crippen LogP) is 2.79. The third kappa shape index (κ3) is 2.44. The maximum absolute atomic E-state index is 11.2. The van der Waals surface area contributed by atoms with Crippen LogP contribution in [0.1, 0.15) is 27.0 Å². The number of carbonyl (C=O) groups is 2. The highest BCUT2D eigenvalue weighted by Crippen LogP contribution is 2.37. The molecule has 0 amide bonds. The van der Waals surface area contributed by atoms with Crippen molar-refractivity contribution in [2.45, 2.75) is 6.61 Å². The lowest BCUT2D eigenvalue weighted by molar-refractivity contribution is -0.131. The Hall–Kier alpha value is -3.08. The number of aromatic carboxylic acids is 1. The molecule has 0 spiro atoms. The van der Waals surface area contributed by atoms with Gasteiger partial charge in [-0.15, -0.1) is 0 Å². The first kappa shape index (κ1) is 13.9. The third-order valence-corrected chi connectivity index (χ3v) is 3.48. The lowest BCUT2D eigenvalue weighted by Gasteiger charge is -2.10. The summed E-state index contributed by atoms with van der Waals surface area (Å²) in [6.07, 6.45) is 1.12. The first-order valence-electron chi connectivity index (χ1n) is 6.59. The molecular formula is C17H12O5. The Bertz CT molecular complexity index is 804. The number of rotatable bonds is 2. The maximum Gasteiger partial charge on any atom is 0.335 e. The van der Waals surface area contributed by atoms with E-state index < -0.39 is 11.9 Å². The summed E-state index contributed by atoms with van der Waals surface area (Å²) in [5.41, 5.74) is 2.79. The van der Waals surface area contributed by atoms with Gasteiger partial charge in [0.15, 0.2) is 0 Å². The van der Waals surface area contributed by atoms with Crippen molar-refractivity contribution in [3.63, 3.8) is 0 Å². The van der Waals surface area contributed by atoms with Crippen LogP contribution in [0.2, 0.25) is 0 Å². The number of aliphatic carboxylic acids is 1. The van der Waals surface area contributed by atoms with Crippen LogP contribution in [0.5, 0.6) is 5.75 Å². The summed E-state index contributed by atoms with van der Waals surface area (Å²) in [6.45, 7) is 0.253. The van der Waals surface area contributed by atoms with Crippen molar-refractivity contribution in [2.24, 2.45) is 0 Å². The Morgan fingerprint density at radius 1 is 1.05 bits per heavy atom. The number of benzene rings is 2. The molecule has 2 N–H and O–H groups in total. The number of ether oxygens (including phenoxy) is 1. The van der Waals surface area contributed by atoms with E-state index in [4.69, 9.17) is 14.9 Å². The highest BCUT2D eigenvalue weighted by Gasteiger charge is 2.21. The van der Waals surface area contributed by atoms with E-state index in [0.29, 0.717) is 16.9 Å². The number of fused-ring (bicyclic) bond motifs is 2. The van der Waals surface area contributed by atoms with E-state index >= 15 is 0 Å². The molecule has 0 saturated carbocycles. The molecule has 0 aromatic heterocycles. The quantitative estimate of drug-likeness (QED) is 0.832. The van der Waals surface area contributed by atoms with Gasteiger partial charge in [-0.2, -0.15) is 0 Å². The van der Waals surface area contributed by atoms with Crippen LogP contribution in [0.25, 0.3) is 5.57 Å². The fourth-order valence-electron chi connectivity index (χ4n) is 2.49. The van der Waals surface area contributed by atoms with Crippen molar-refractivity contribution >= 4 is 17.5 Å². The van der Waals surface area contributed by atoms with Crippen LogP contribution in [0, 0.1) is 0 Å². The van der Waals surface area contributed by atoms with Gasteiger partial charge in [0.1, 0.15) is 12.4 Å². The van der Waals surface area contributed by atoms with Crippen LogP contribution in [-0.2, 0) is 11.4 Å². The summed E-state index contributed by atoms with van der Waals surface area (Å²) < 4.78 is 5.68. The monoisotopic (exact) mass is 296 g/mol. The standard InChI is InChI=1S/C17H12O5/c18-16(19)8-14-12-4-2-1-3-11(12)9-22-15-7-10(17(20)21)5-6-13(14)15/h1-8H,9H2,(H,18,19)(H,20,21). The van der Waals surface area contributed by atoms with Crippen molar-refractivity contribution < 1.29 is 24.5 Å². The third-order valence-electron chi connectivity index (χ3n) is 3.48. The van der Waals surface area contributed by atoms with Gasteiger partial charge < -0.3 is 14.9 Å². The molecule has 0 aliphatic carbocycles. The summed E-state index contributed by atoms with van der Waals surface area (Å²) in [7, 11) is 0. The zero-order valence-electron chi connectivity index (χ0n) is 11.4. The molecule has 2 aromatic rings. The van der Waals surface area contributed by atoms with Crippen molar-refractivity contribution in [1.82, 2.24) is 0 Å². The van der Waals surface area contributed by atoms with E-state index in [1.165, 1.54) is 12.1 Å². The van der Waals surface area contributed by atoms with E-state index in [1.54, 1.807) is 6.07 Å². The molecule has 0 atom stereocenters. The zero-order chi connectivity index (χ0) is 15.7. The highest BCUT2D eigenvalue weighted by molar-refractivity contribution is 5.98. The second-order valence-corrected chi connectivity index (χ2v) is 4.86. The first-order valence-corrected chi connectivity index (χ1v) is 6.59. The molecule has 110 valence electrons. The Morgan fingerprint density at radius 3 is 2.55 bits per heavy atom. The molecular weight excluding hydrogens is 284 g/mol. The average Bonchev–Trinajstić information content (AvgIpc) is 2.64. The van der Waals surface area contributed by atoms with Crippen LogP contribution < -0.4 is 4.74 Å². The molecule has 0 bridgehead atoms. The molecule has 1 aliphatic heterocycles. The lowest BCUT2D eigenvalue weighted by atomic mass is 9.93. The SMILES string of the molecule is O=C(O)C=C1c2ccccc2COc2cc(C(=O)O)ccc21. The Labute approximate surface area is 126 Å². The second kappa shape index (κ2) is 5.37. The van der Waals surface area contributed by atoms with Crippen molar-refractivity contribution in [3.05, 3.63) is 70.8 Å². The number of hydrogen-bond acceptors (Lipinski definition) is 3. The largest absolute Gasteiger partial charge is 0.488 e. The molecule has 5 nitrogen and oxygen atoms in total. The van der Waals surface area contributed by atoms with Gasteiger partial charge in [-0.25, -0.2) is 9.59 Å². The highest BCUT2D eigenvalue weighted by atomic mass is 16.5. The van der Waals surface area contributed by atoms with Gasteiger partial charge in [0.2, 0.25) is 0 Å². The van der Waals surface area contributed by atoms with Crippen LogP contribution >= 0.6 is 0 Å². The minimum absolute atomic E-state index is 0.0966. The summed E-state index contributed by atoms with van der Waals surface area (Å²) in [6, 6.07) is 11.8. The van der Waals surface area contributed by atoms with E-state index in [0.717, 1.165) is 17.2 Å². The molecule has 1 aliphatic rings. The van der Waals surface area contributed by atoms with Gasteiger partial charge in [-0.3, -0.25) is 0 Å². The minimum Gasteiger partial charge on any atom is -0.488 e. The van der Waals surface area contributed by atoms with Crippen molar-refractivity contribution in [2.75, 3.05) is 0 Å². The Balaban J connectivity index is 2.24. The van der Waals surface area contributed by atoms with Crippen LogP contribution in [0.4, 0.5) is 0 Å². The van der Waals surface area contributed by atoms with Gasteiger partial charge in [-0.1, -0.05) is 24.3 Å². The fourth-order valence-corrected chi connectivity index (χ4v) is 2.49. The molecule has 0 unspecified atom stereocenters. The minimum atomic E-state index is -1.07. The van der Waals surface area contributed by atoms with E-state index in [-0.39, 0.29) is 12.2 Å². The van der Waals surface area contributed by atoms with E-state index in [1.807, 2.05) is 24.3 Å².